The van der Waals surface area contributed by atoms with Crippen LogP contribution < -0.4 is 0 Å². The van der Waals surface area contributed by atoms with Crippen LogP contribution in [0.5, 0.6) is 0 Å². The first-order valence-electron chi connectivity index (χ1n) is 8.63. The highest BCUT2D eigenvalue weighted by molar-refractivity contribution is 7.13. The number of aliphatic imine (C=N–C) groups is 1. The lowest BCUT2D eigenvalue weighted by Crippen LogP contribution is -1.91. The van der Waals surface area contributed by atoms with Crippen molar-refractivity contribution in [1.82, 2.24) is 10.2 Å². The number of nitrogens with one attached hydrogen (secondary N) is 1. The highest BCUT2D eigenvalue weighted by atomic mass is 35.5. The van der Waals surface area contributed by atoms with Crippen molar-refractivity contribution in [3.8, 4) is 16.5 Å². The minimum Gasteiger partial charge on any atom is -0.279 e. The molecule has 2 heterocycles. The van der Waals surface area contributed by atoms with Gasteiger partial charge in [0.05, 0.1) is 5.69 Å². The first-order chi connectivity index (χ1) is 13.7. The van der Waals surface area contributed by atoms with Gasteiger partial charge in [0.1, 0.15) is 11.6 Å². The number of benzene rings is 2. The maximum absolute atomic E-state index is 9.61. The Kier molecular flexibility index (Phi) is 5.34. The number of aromatic nitrogens is 2. The van der Waals surface area contributed by atoms with Gasteiger partial charge in [0.15, 0.2) is 5.82 Å². The quantitative estimate of drug-likeness (QED) is 0.416. The molecule has 0 saturated heterocycles. The van der Waals surface area contributed by atoms with Crippen LogP contribution in [-0.4, -0.2) is 16.4 Å². The molecule has 0 aliphatic carbocycles. The Morgan fingerprint density at radius 1 is 1.14 bits per heavy atom. The molecule has 0 saturated carbocycles. The summed E-state index contributed by atoms with van der Waals surface area (Å²) in [5.74, 6) is 0.389. The number of rotatable bonds is 5. The first kappa shape index (κ1) is 18.2. The summed E-state index contributed by atoms with van der Waals surface area (Å²) in [7, 11) is 0. The van der Waals surface area contributed by atoms with Crippen molar-refractivity contribution in [2.24, 2.45) is 4.99 Å². The predicted octanol–water partition coefficient (Wildman–Crippen LogP) is 6.00. The smallest absolute Gasteiger partial charge is 0.191 e. The average Bonchev–Trinajstić information content (AvgIpc) is 3.36. The average molecular weight is 403 g/mol. The number of halogens is 1. The summed E-state index contributed by atoms with van der Waals surface area (Å²) in [6, 6.07) is 21.9. The Labute approximate surface area is 171 Å². The van der Waals surface area contributed by atoms with Crippen molar-refractivity contribution in [2.45, 2.75) is 6.42 Å². The lowest BCUT2D eigenvalue weighted by atomic mass is 10.1. The molecule has 0 radical (unpaired) electrons. The number of hydrogen-bond donors (Lipinski definition) is 1. The van der Waals surface area contributed by atoms with Crippen LogP contribution in [-0.2, 0) is 6.42 Å². The molecule has 4 aromatic rings. The van der Waals surface area contributed by atoms with Gasteiger partial charge in [-0.25, -0.2) is 4.99 Å². The zero-order valence-electron chi connectivity index (χ0n) is 14.8. The van der Waals surface area contributed by atoms with Gasteiger partial charge in [0.25, 0.3) is 0 Å². The second-order valence-electron chi connectivity index (χ2n) is 6.14. The molecular weight excluding hydrogens is 388 g/mol. The largest absolute Gasteiger partial charge is 0.279 e. The summed E-state index contributed by atoms with van der Waals surface area (Å²) >= 11 is 7.73. The van der Waals surface area contributed by atoms with E-state index in [9.17, 15) is 5.26 Å². The van der Waals surface area contributed by atoms with E-state index in [-0.39, 0.29) is 0 Å². The summed E-state index contributed by atoms with van der Waals surface area (Å²) in [6.45, 7) is 0. The standard InChI is InChI=1S/C22H15ClN4S/c23-17-7-3-5-15(11-17)12-20-19(13-24)22(27-26-20)25-14-16-6-1-2-8-18(16)21-9-4-10-28-21/h1-11,14H,12H2,(H,26,27). The van der Waals surface area contributed by atoms with Gasteiger partial charge < -0.3 is 0 Å². The maximum atomic E-state index is 9.61. The molecular formula is C22H15ClN4S. The Bertz CT molecular complexity index is 1170. The van der Waals surface area contributed by atoms with Crippen LogP contribution in [0.3, 0.4) is 0 Å². The molecule has 28 heavy (non-hydrogen) atoms. The van der Waals surface area contributed by atoms with Crippen molar-refractivity contribution in [1.29, 1.82) is 5.26 Å². The fourth-order valence-electron chi connectivity index (χ4n) is 2.95. The third kappa shape index (κ3) is 3.89. The van der Waals surface area contributed by atoms with Crippen molar-refractivity contribution in [3.63, 3.8) is 0 Å². The van der Waals surface area contributed by atoms with Gasteiger partial charge in [-0.3, -0.25) is 5.10 Å². The number of thiophene rings is 1. The number of nitriles is 1. The molecule has 136 valence electrons. The van der Waals surface area contributed by atoms with Gasteiger partial charge >= 0.3 is 0 Å². The Morgan fingerprint density at radius 3 is 2.82 bits per heavy atom. The molecule has 0 unspecified atom stereocenters. The van der Waals surface area contributed by atoms with Crippen molar-refractivity contribution in [3.05, 3.63) is 93.5 Å². The van der Waals surface area contributed by atoms with Crippen molar-refractivity contribution in [2.75, 3.05) is 0 Å². The van der Waals surface area contributed by atoms with Crippen LogP contribution in [0.1, 0.15) is 22.4 Å². The van der Waals surface area contributed by atoms with Crippen LogP contribution in [0, 0.1) is 11.3 Å². The number of nitrogens with zero attached hydrogens (tertiary/aromatic N) is 3. The molecule has 0 aliphatic heterocycles. The summed E-state index contributed by atoms with van der Waals surface area (Å²) < 4.78 is 0. The number of aromatic amines is 1. The normalized spacial score (nSPS) is 11.0. The van der Waals surface area contributed by atoms with Crippen LogP contribution in [0.4, 0.5) is 5.82 Å². The van der Waals surface area contributed by atoms with Crippen LogP contribution in [0.15, 0.2) is 71.0 Å². The SMILES string of the molecule is N#Cc1c(N=Cc2ccccc2-c2cccs2)n[nH]c1Cc1cccc(Cl)c1. The van der Waals surface area contributed by atoms with Gasteiger partial charge in [0, 0.05) is 33.7 Å². The summed E-state index contributed by atoms with van der Waals surface area (Å²) in [5, 5.41) is 19.5. The highest BCUT2D eigenvalue weighted by Gasteiger charge is 2.13. The minimum absolute atomic E-state index is 0.389. The van der Waals surface area contributed by atoms with Crippen LogP contribution in [0.25, 0.3) is 10.4 Å². The summed E-state index contributed by atoms with van der Waals surface area (Å²) in [5.41, 5.74) is 4.27. The predicted molar refractivity (Wildman–Crippen MR) is 115 cm³/mol. The van der Waals surface area contributed by atoms with E-state index in [0.29, 0.717) is 22.8 Å². The van der Waals surface area contributed by atoms with E-state index in [1.807, 2.05) is 53.9 Å². The molecule has 6 heteroatoms. The van der Waals surface area contributed by atoms with E-state index in [0.717, 1.165) is 22.4 Å². The van der Waals surface area contributed by atoms with Gasteiger partial charge in [-0.05, 0) is 29.1 Å². The van der Waals surface area contributed by atoms with Crippen LogP contribution in [0.2, 0.25) is 5.02 Å². The zero-order chi connectivity index (χ0) is 19.3. The maximum Gasteiger partial charge on any atom is 0.191 e. The lowest BCUT2D eigenvalue weighted by Gasteiger charge is -2.02. The monoisotopic (exact) mass is 402 g/mol. The molecule has 0 fully saturated rings. The first-order valence-corrected chi connectivity index (χ1v) is 9.89. The van der Waals surface area contributed by atoms with Crippen LogP contribution >= 0.6 is 22.9 Å². The molecule has 0 amide bonds. The molecule has 0 spiro atoms. The van der Waals surface area contributed by atoms with E-state index in [4.69, 9.17) is 11.6 Å². The third-order valence-electron chi connectivity index (χ3n) is 4.28. The van der Waals surface area contributed by atoms with Gasteiger partial charge in [-0.1, -0.05) is 54.1 Å². The molecule has 0 bridgehead atoms. The van der Waals surface area contributed by atoms with Crippen molar-refractivity contribution < 1.29 is 0 Å². The van der Waals surface area contributed by atoms with Gasteiger partial charge in [0.2, 0.25) is 0 Å². The Hall–Kier alpha value is -3.20. The summed E-state index contributed by atoms with van der Waals surface area (Å²) in [6.07, 6.45) is 2.30. The van der Waals surface area contributed by atoms with E-state index in [2.05, 4.69) is 33.4 Å². The second kappa shape index (κ2) is 8.22. The molecule has 0 atom stereocenters. The minimum atomic E-state index is 0.389. The fraction of sp³-hybridized carbons (Fsp3) is 0.0455. The molecule has 2 aromatic heterocycles. The molecule has 4 rings (SSSR count). The van der Waals surface area contributed by atoms with E-state index >= 15 is 0 Å². The lowest BCUT2D eigenvalue weighted by molar-refractivity contribution is 0.993. The molecule has 2 aromatic carbocycles. The Balaban J connectivity index is 1.63. The van der Waals surface area contributed by atoms with E-state index < -0.39 is 0 Å². The zero-order valence-corrected chi connectivity index (χ0v) is 16.3. The highest BCUT2D eigenvalue weighted by Crippen LogP contribution is 2.28. The van der Waals surface area contributed by atoms with E-state index in [1.165, 1.54) is 4.88 Å². The molecule has 1 N–H and O–H groups in total. The molecule has 4 nitrogen and oxygen atoms in total. The van der Waals surface area contributed by atoms with Crippen molar-refractivity contribution >= 4 is 35.0 Å². The van der Waals surface area contributed by atoms with Gasteiger partial charge in [-0.2, -0.15) is 10.4 Å². The third-order valence-corrected chi connectivity index (χ3v) is 5.42. The second-order valence-corrected chi connectivity index (χ2v) is 7.53. The summed E-state index contributed by atoms with van der Waals surface area (Å²) in [4.78, 5) is 5.66. The van der Waals surface area contributed by atoms with E-state index in [1.54, 1.807) is 17.6 Å². The fourth-order valence-corrected chi connectivity index (χ4v) is 3.94. The topological polar surface area (TPSA) is 64.8 Å². The number of hydrogen-bond acceptors (Lipinski definition) is 4. The van der Waals surface area contributed by atoms with Gasteiger partial charge in [-0.15, -0.1) is 11.3 Å². The Morgan fingerprint density at radius 2 is 2.04 bits per heavy atom. The molecule has 0 aliphatic rings. The number of H-pyrrole nitrogens is 1.